The Hall–Kier alpha value is -3.65. The van der Waals surface area contributed by atoms with Gasteiger partial charge < -0.3 is 4.98 Å². The zero-order chi connectivity index (χ0) is 21.6. The molecule has 0 saturated heterocycles. The smallest absolute Gasteiger partial charge is 0.0702 e. The highest BCUT2D eigenvalue weighted by molar-refractivity contribution is 5.80. The molecule has 0 aliphatic heterocycles. The summed E-state index contributed by atoms with van der Waals surface area (Å²) >= 11 is 0. The molecule has 6 rings (SSSR count). The number of aryl methyl sites for hydroxylation is 3. The van der Waals surface area contributed by atoms with Crippen LogP contribution in [0.25, 0.3) is 27.9 Å². The molecule has 0 spiro atoms. The summed E-state index contributed by atoms with van der Waals surface area (Å²) in [6.45, 7) is 6.28. The van der Waals surface area contributed by atoms with Crippen molar-refractivity contribution in [3.05, 3.63) is 119 Å². The molecule has 0 radical (unpaired) electrons. The number of hydrogen-bond donors (Lipinski definition) is 1. The van der Waals surface area contributed by atoms with Crippen molar-refractivity contribution in [2.24, 2.45) is 0 Å². The summed E-state index contributed by atoms with van der Waals surface area (Å²) < 4.78 is 0. The van der Waals surface area contributed by atoms with Gasteiger partial charge >= 0.3 is 0 Å². The first-order valence-corrected chi connectivity index (χ1v) is 10.7. The molecular weight excluding hydrogens is 376 g/mol. The Labute approximate surface area is 184 Å². The number of fused-ring (bicyclic) bond motifs is 3. The first-order valence-electron chi connectivity index (χ1n) is 10.7. The predicted molar refractivity (Wildman–Crippen MR) is 133 cm³/mol. The number of H-pyrrole nitrogens is 1. The zero-order valence-corrected chi connectivity index (χ0v) is 18.4. The minimum Gasteiger partial charge on any atom is -0.361 e. The van der Waals surface area contributed by atoms with Crippen LogP contribution in [0.4, 0.5) is 0 Å². The van der Waals surface area contributed by atoms with Crippen LogP contribution in [0.15, 0.2) is 91.3 Å². The molecule has 0 unspecified atom stereocenters. The third kappa shape index (κ3) is 5.29. The summed E-state index contributed by atoms with van der Waals surface area (Å²) in [5.41, 5.74) is 9.02. The van der Waals surface area contributed by atoms with Crippen molar-refractivity contribution in [3.63, 3.8) is 0 Å². The summed E-state index contributed by atoms with van der Waals surface area (Å²) in [5.74, 6) is 0. The summed E-state index contributed by atoms with van der Waals surface area (Å²) in [5, 5.41) is 2.50. The van der Waals surface area contributed by atoms with Gasteiger partial charge in [-0.05, 0) is 79.1 Å². The standard InChI is InChI=1S/C10H9N.C10H10.C9H9N/c1-8-6-9-4-2-3-5-10(9)11-7-8;1-8-5-6-9-3-2-4-10(9)7-8;1-7-2-3-8-4-5-10-9(8)6-7/h2-7H,1H3;2,4-7H,3H2,1H3;2-6,10H,1H3. The van der Waals surface area contributed by atoms with E-state index in [0.29, 0.717) is 0 Å². The van der Waals surface area contributed by atoms with Crippen LogP contribution in [0.2, 0.25) is 0 Å². The van der Waals surface area contributed by atoms with E-state index in [-0.39, 0.29) is 0 Å². The van der Waals surface area contributed by atoms with E-state index in [0.717, 1.165) is 11.9 Å². The maximum atomic E-state index is 4.28. The molecule has 0 fully saturated rings. The summed E-state index contributed by atoms with van der Waals surface area (Å²) in [6, 6.07) is 25.4. The van der Waals surface area contributed by atoms with Crippen LogP contribution in [-0.2, 0) is 6.42 Å². The maximum absolute atomic E-state index is 4.28. The number of rotatable bonds is 0. The van der Waals surface area contributed by atoms with Crippen LogP contribution in [0.3, 0.4) is 0 Å². The fourth-order valence-electron chi connectivity index (χ4n) is 3.71. The Bertz CT molecular complexity index is 1340. The molecule has 1 N–H and O–H groups in total. The van der Waals surface area contributed by atoms with Gasteiger partial charge in [-0.25, -0.2) is 0 Å². The predicted octanol–water partition coefficient (Wildman–Crippen LogP) is 7.58. The first-order chi connectivity index (χ1) is 15.1. The van der Waals surface area contributed by atoms with Gasteiger partial charge in [-0.3, -0.25) is 4.98 Å². The molecule has 0 bridgehead atoms. The van der Waals surface area contributed by atoms with E-state index in [2.05, 4.69) is 97.5 Å². The Kier molecular flexibility index (Phi) is 6.28. The number of aromatic amines is 1. The largest absolute Gasteiger partial charge is 0.361 e. The van der Waals surface area contributed by atoms with Crippen molar-refractivity contribution in [1.29, 1.82) is 0 Å². The second kappa shape index (κ2) is 9.44. The van der Waals surface area contributed by atoms with Crippen molar-refractivity contribution in [2.45, 2.75) is 27.2 Å². The minimum atomic E-state index is 1.07. The van der Waals surface area contributed by atoms with Gasteiger partial charge in [0, 0.05) is 23.3 Å². The van der Waals surface area contributed by atoms with Gasteiger partial charge in [0.2, 0.25) is 0 Å². The molecule has 2 heteroatoms. The molecule has 0 amide bonds. The highest BCUT2D eigenvalue weighted by Gasteiger charge is 2.02. The highest BCUT2D eigenvalue weighted by Crippen LogP contribution is 2.19. The zero-order valence-electron chi connectivity index (χ0n) is 18.4. The van der Waals surface area contributed by atoms with Crippen LogP contribution in [0.5, 0.6) is 0 Å². The van der Waals surface area contributed by atoms with E-state index in [1.165, 1.54) is 44.1 Å². The number of benzene rings is 3. The van der Waals surface area contributed by atoms with E-state index >= 15 is 0 Å². The van der Waals surface area contributed by atoms with Crippen molar-refractivity contribution in [2.75, 3.05) is 0 Å². The molecule has 31 heavy (non-hydrogen) atoms. The average Bonchev–Trinajstić information content (AvgIpc) is 3.43. The monoisotopic (exact) mass is 404 g/mol. The Morgan fingerprint density at radius 1 is 0.742 bits per heavy atom. The van der Waals surface area contributed by atoms with Gasteiger partial charge in [-0.15, -0.1) is 0 Å². The van der Waals surface area contributed by atoms with Gasteiger partial charge in [0.1, 0.15) is 0 Å². The summed E-state index contributed by atoms with van der Waals surface area (Å²) in [4.78, 5) is 7.44. The van der Waals surface area contributed by atoms with Crippen LogP contribution >= 0.6 is 0 Å². The molecule has 0 atom stereocenters. The lowest BCUT2D eigenvalue weighted by Crippen LogP contribution is -1.81. The van der Waals surface area contributed by atoms with Crippen LogP contribution in [-0.4, -0.2) is 9.97 Å². The van der Waals surface area contributed by atoms with Gasteiger partial charge in [-0.1, -0.05) is 66.2 Å². The van der Waals surface area contributed by atoms with Gasteiger partial charge in [0.25, 0.3) is 0 Å². The molecule has 2 heterocycles. The van der Waals surface area contributed by atoms with Crippen molar-refractivity contribution >= 4 is 27.9 Å². The number of nitrogens with zero attached hydrogens (tertiary/aromatic N) is 1. The second-order valence-corrected chi connectivity index (χ2v) is 8.08. The SMILES string of the molecule is Cc1ccc2c(c1)C=CC2.Cc1ccc2cc[nH]c2c1.Cc1cnc2ccccc2c1. The Morgan fingerprint density at radius 3 is 2.45 bits per heavy atom. The number of hydrogen-bond acceptors (Lipinski definition) is 1. The van der Waals surface area contributed by atoms with E-state index < -0.39 is 0 Å². The van der Waals surface area contributed by atoms with Crippen LogP contribution in [0.1, 0.15) is 27.8 Å². The lowest BCUT2D eigenvalue weighted by Gasteiger charge is -1.97. The van der Waals surface area contributed by atoms with Gasteiger partial charge in [0.15, 0.2) is 0 Å². The normalized spacial score (nSPS) is 11.5. The van der Waals surface area contributed by atoms with E-state index in [1.54, 1.807) is 0 Å². The molecule has 154 valence electrons. The van der Waals surface area contributed by atoms with Crippen LogP contribution < -0.4 is 0 Å². The number of allylic oxidation sites excluding steroid dienone is 1. The maximum Gasteiger partial charge on any atom is 0.0702 e. The fraction of sp³-hybridized carbons (Fsp3) is 0.138. The molecular formula is C29H28N2. The van der Waals surface area contributed by atoms with Crippen molar-refractivity contribution in [1.82, 2.24) is 9.97 Å². The highest BCUT2D eigenvalue weighted by atomic mass is 14.7. The van der Waals surface area contributed by atoms with Crippen molar-refractivity contribution in [3.8, 4) is 0 Å². The van der Waals surface area contributed by atoms with Gasteiger partial charge in [0.05, 0.1) is 5.52 Å². The number of pyridine rings is 1. The molecule has 1 aliphatic rings. The molecule has 5 aromatic rings. The lowest BCUT2D eigenvalue weighted by atomic mass is 10.1. The van der Waals surface area contributed by atoms with Gasteiger partial charge in [-0.2, -0.15) is 0 Å². The second-order valence-electron chi connectivity index (χ2n) is 8.08. The number of para-hydroxylation sites is 1. The first kappa shape index (κ1) is 20.6. The Balaban J connectivity index is 0.000000112. The molecule has 2 aromatic heterocycles. The van der Waals surface area contributed by atoms with E-state index in [1.807, 2.05) is 30.6 Å². The number of nitrogens with one attached hydrogen (secondary N) is 1. The third-order valence-corrected chi connectivity index (χ3v) is 5.37. The fourth-order valence-corrected chi connectivity index (χ4v) is 3.71. The lowest BCUT2D eigenvalue weighted by molar-refractivity contribution is 1.29. The third-order valence-electron chi connectivity index (χ3n) is 5.37. The van der Waals surface area contributed by atoms with E-state index in [4.69, 9.17) is 0 Å². The number of aromatic nitrogens is 2. The molecule has 1 aliphatic carbocycles. The Morgan fingerprint density at radius 2 is 1.55 bits per heavy atom. The molecule has 2 nitrogen and oxygen atoms in total. The molecule has 3 aromatic carbocycles. The quantitative estimate of drug-likeness (QED) is 0.283. The summed E-state index contributed by atoms with van der Waals surface area (Å²) in [7, 11) is 0. The van der Waals surface area contributed by atoms with E-state index in [9.17, 15) is 0 Å². The minimum absolute atomic E-state index is 1.07. The van der Waals surface area contributed by atoms with Crippen LogP contribution in [0, 0.1) is 20.8 Å². The summed E-state index contributed by atoms with van der Waals surface area (Å²) in [6.07, 6.45) is 9.38. The molecule has 0 saturated carbocycles. The average molecular weight is 405 g/mol. The van der Waals surface area contributed by atoms with Crippen molar-refractivity contribution < 1.29 is 0 Å². The topological polar surface area (TPSA) is 28.7 Å².